The summed E-state index contributed by atoms with van der Waals surface area (Å²) in [5.41, 5.74) is 1.48. The van der Waals surface area contributed by atoms with Crippen LogP contribution in [0.1, 0.15) is 15.3 Å². The number of hydrogen-bond donors (Lipinski definition) is 1. The molecule has 2 heterocycles. The van der Waals surface area contributed by atoms with E-state index in [1.54, 1.807) is 0 Å². The van der Waals surface area contributed by atoms with E-state index >= 15 is 0 Å². The number of thiophene rings is 1. The smallest absolute Gasteiger partial charge is 0.0826 e. The standard InChI is InChI=1S/C13H22N2OS/c1-10-6-12(11(2)17-10)8-15-4-5-16-13(9-15)7-14-3/h6,13-14H,4-5,7-9H2,1-3H3. The number of nitrogens with one attached hydrogen (secondary N) is 1. The first-order chi connectivity index (χ1) is 8.19. The fourth-order valence-corrected chi connectivity index (χ4v) is 3.30. The van der Waals surface area contributed by atoms with Gasteiger partial charge in [-0.3, -0.25) is 4.90 Å². The van der Waals surface area contributed by atoms with Crippen LogP contribution in [0.3, 0.4) is 0 Å². The lowest BCUT2D eigenvalue weighted by Crippen LogP contribution is -2.45. The minimum atomic E-state index is 0.341. The Hall–Kier alpha value is -0.420. The van der Waals surface area contributed by atoms with Crippen molar-refractivity contribution in [3.05, 3.63) is 21.4 Å². The molecule has 1 saturated heterocycles. The molecule has 0 bridgehead atoms. The van der Waals surface area contributed by atoms with Gasteiger partial charge in [0.2, 0.25) is 0 Å². The zero-order chi connectivity index (χ0) is 12.3. The van der Waals surface area contributed by atoms with E-state index in [-0.39, 0.29) is 0 Å². The number of hydrogen-bond acceptors (Lipinski definition) is 4. The SMILES string of the molecule is CNCC1CN(Cc2cc(C)sc2C)CCO1. The number of rotatable bonds is 4. The summed E-state index contributed by atoms with van der Waals surface area (Å²) < 4.78 is 5.72. The van der Waals surface area contributed by atoms with E-state index in [1.165, 1.54) is 15.3 Å². The third-order valence-electron chi connectivity index (χ3n) is 3.19. The van der Waals surface area contributed by atoms with Crippen molar-refractivity contribution in [1.82, 2.24) is 10.2 Å². The number of likely N-dealkylation sites (N-methyl/N-ethyl adjacent to an activating group) is 1. The lowest BCUT2D eigenvalue weighted by atomic mass is 10.2. The second-order valence-corrected chi connectivity index (χ2v) is 6.18. The third-order valence-corrected chi connectivity index (χ3v) is 4.20. The predicted molar refractivity (Wildman–Crippen MR) is 72.7 cm³/mol. The minimum absolute atomic E-state index is 0.341. The van der Waals surface area contributed by atoms with Gasteiger partial charge in [0.05, 0.1) is 12.7 Å². The van der Waals surface area contributed by atoms with Crippen molar-refractivity contribution in [2.24, 2.45) is 0 Å². The third kappa shape index (κ3) is 3.52. The quantitative estimate of drug-likeness (QED) is 0.886. The fourth-order valence-electron chi connectivity index (χ4n) is 2.36. The van der Waals surface area contributed by atoms with Gasteiger partial charge in [0, 0.05) is 35.9 Å². The molecule has 1 fully saturated rings. The van der Waals surface area contributed by atoms with Gasteiger partial charge in [-0.25, -0.2) is 0 Å². The van der Waals surface area contributed by atoms with Crippen LogP contribution in [0.25, 0.3) is 0 Å². The zero-order valence-electron chi connectivity index (χ0n) is 11.0. The normalized spacial score (nSPS) is 21.9. The molecule has 1 N–H and O–H groups in total. The lowest BCUT2D eigenvalue weighted by Gasteiger charge is -2.32. The van der Waals surface area contributed by atoms with Gasteiger partial charge < -0.3 is 10.1 Å². The van der Waals surface area contributed by atoms with Crippen LogP contribution < -0.4 is 5.32 Å². The number of aryl methyl sites for hydroxylation is 2. The van der Waals surface area contributed by atoms with Crippen LogP contribution in [0.15, 0.2) is 6.07 Å². The van der Waals surface area contributed by atoms with Crippen LogP contribution in [0.5, 0.6) is 0 Å². The van der Waals surface area contributed by atoms with Gasteiger partial charge in [0.15, 0.2) is 0 Å². The van der Waals surface area contributed by atoms with Gasteiger partial charge in [-0.15, -0.1) is 11.3 Å². The average molecular weight is 254 g/mol. The Balaban J connectivity index is 1.92. The fraction of sp³-hybridized carbons (Fsp3) is 0.692. The van der Waals surface area contributed by atoms with Gasteiger partial charge in [0.1, 0.15) is 0 Å². The Morgan fingerprint density at radius 1 is 1.53 bits per heavy atom. The molecule has 3 nitrogen and oxygen atoms in total. The maximum atomic E-state index is 5.72. The molecule has 96 valence electrons. The molecule has 1 unspecified atom stereocenters. The molecule has 1 atom stereocenters. The molecular weight excluding hydrogens is 232 g/mol. The Morgan fingerprint density at radius 3 is 3.00 bits per heavy atom. The largest absolute Gasteiger partial charge is 0.374 e. The summed E-state index contributed by atoms with van der Waals surface area (Å²) >= 11 is 1.90. The first-order valence-corrected chi connectivity index (χ1v) is 7.05. The van der Waals surface area contributed by atoms with Gasteiger partial charge in [-0.1, -0.05) is 0 Å². The Morgan fingerprint density at radius 2 is 2.35 bits per heavy atom. The molecule has 0 amide bonds. The molecular formula is C13H22N2OS. The molecule has 1 aromatic heterocycles. The summed E-state index contributed by atoms with van der Waals surface area (Å²) in [5, 5.41) is 3.19. The van der Waals surface area contributed by atoms with Gasteiger partial charge >= 0.3 is 0 Å². The zero-order valence-corrected chi connectivity index (χ0v) is 11.8. The van der Waals surface area contributed by atoms with Crippen LogP contribution in [-0.2, 0) is 11.3 Å². The highest BCUT2D eigenvalue weighted by Gasteiger charge is 2.20. The van der Waals surface area contributed by atoms with Crippen LogP contribution in [0, 0.1) is 13.8 Å². The van der Waals surface area contributed by atoms with E-state index in [0.717, 1.165) is 32.8 Å². The Bertz CT molecular complexity index is 362. The molecule has 4 heteroatoms. The minimum Gasteiger partial charge on any atom is -0.374 e. The first-order valence-electron chi connectivity index (χ1n) is 6.23. The topological polar surface area (TPSA) is 24.5 Å². The van der Waals surface area contributed by atoms with E-state index in [0.29, 0.717) is 6.10 Å². The average Bonchev–Trinajstić information content (AvgIpc) is 2.58. The van der Waals surface area contributed by atoms with Crippen molar-refractivity contribution >= 4 is 11.3 Å². The van der Waals surface area contributed by atoms with Crippen LogP contribution in [0.2, 0.25) is 0 Å². The number of morpholine rings is 1. The van der Waals surface area contributed by atoms with Crippen molar-refractivity contribution < 1.29 is 4.74 Å². The van der Waals surface area contributed by atoms with E-state index < -0.39 is 0 Å². The summed E-state index contributed by atoms with van der Waals surface area (Å²) in [7, 11) is 1.98. The van der Waals surface area contributed by atoms with Gasteiger partial charge in [-0.05, 0) is 32.5 Å². The molecule has 17 heavy (non-hydrogen) atoms. The van der Waals surface area contributed by atoms with E-state index in [4.69, 9.17) is 4.74 Å². The Kier molecular flexibility index (Phi) is 4.56. The molecule has 0 spiro atoms. The molecule has 0 aliphatic carbocycles. The summed E-state index contributed by atoms with van der Waals surface area (Å²) in [5.74, 6) is 0. The van der Waals surface area contributed by atoms with Gasteiger partial charge in [-0.2, -0.15) is 0 Å². The van der Waals surface area contributed by atoms with Crippen molar-refractivity contribution in [2.75, 3.05) is 33.3 Å². The molecule has 2 rings (SSSR count). The predicted octanol–water partition coefficient (Wildman–Crippen LogP) is 1.79. The van der Waals surface area contributed by atoms with Crippen molar-refractivity contribution in [3.8, 4) is 0 Å². The highest BCUT2D eigenvalue weighted by Crippen LogP contribution is 2.22. The van der Waals surface area contributed by atoms with Gasteiger partial charge in [0.25, 0.3) is 0 Å². The monoisotopic (exact) mass is 254 g/mol. The maximum Gasteiger partial charge on any atom is 0.0826 e. The molecule has 0 saturated carbocycles. The van der Waals surface area contributed by atoms with Crippen molar-refractivity contribution in [3.63, 3.8) is 0 Å². The number of nitrogens with zero attached hydrogens (tertiary/aromatic N) is 1. The molecule has 0 radical (unpaired) electrons. The summed E-state index contributed by atoms with van der Waals surface area (Å²) in [6, 6.07) is 2.32. The summed E-state index contributed by atoms with van der Waals surface area (Å²) in [6.07, 6.45) is 0.341. The summed E-state index contributed by atoms with van der Waals surface area (Å²) in [4.78, 5) is 5.37. The molecule has 1 aromatic rings. The van der Waals surface area contributed by atoms with Crippen molar-refractivity contribution in [1.29, 1.82) is 0 Å². The highest BCUT2D eigenvalue weighted by atomic mass is 32.1. The van der Waals surface area contributed by atoms with Crippen LogP contribution >= 0.6 is 11.3 Å². The molecule has 1 aliphatic rings. The lowest BCUT2D eigenvalue weighted by molar-refractivity contribution is -0.0291. The summed E-state index contributed by atoms with van der Waals surface area (Å²) in [6.45, 7) is 9.36. The number of ether oxygens (including phenoxy) is 1. The van der Waals surface area contributed by atoms with Crippen LogP contribution in [-0.4, -0.2) is 44.3 Å². The highest BCUT2D eigenvalue weighted by molar-refractivity contribution is 7.12. The molecule has 1 aliphatic heterocycles. The second kappa shape index (κ2) is 5.96. The van der Waals surface area contributed by atoms with E-state index in [1.807, 2.05) is 18.4 Å². The van der Waals surface area contributed by atoms with Crippen molar-refractivity contribution in [2.45, 2.75) is 26.5 Å². The Labute approximate surface area is 108 Å². The first kappa shape index (κ1) is 13.0. The molecule has 0 aromatic carbocycles. The maximum absolute atomic E-state index is 5.72. The van der Waals surface area contributed by atoms with Crippen LogP contribution in [0.4, 0.5) is 0 Å². The van der Waals surface area contributed by atoms with E-state index in [2.05, 4.69) is 30.1 Å². The second-order valence-electron chi connectivity index (χ2n) is 4.72. The van der Waals surface area contributed by atoms with E-state index in [9.17, 15) is 0 Å².